The summed E-state index contributed by atoms with van der Waals surface area (Å²) in [6.07, 6.45) is 0. The van der Waals surface area contributed by atoms with Crippen molar-refractivity contribution in [3.05, 3.63) is 170 Å². The van der Waals surface area contributed by atoms with Crippen molar-refractivity contribution in [2.24, 2.45) is 0 Å². The minimum atomic E-state index is 0.625. The summed E-state index contributed by atoms with van der Waals surface area (Å²) in [7, 11) is 0. The Labute approximate surface area is 283 Å². The topological polar surface area (TPSA) is 64.7 Å². The maximum Gasteiger partial charge on any atom is 0.227 e. The molecule has 0 bridgehead atoms. The largest absolute Gasteiger partial charge is 0.436 e. The minimum absolute atomic E-state index is 0.625. The molecule has 0 aliphatic rings. The van der Waals surface area contributed by atoms with Crippen molar-refractivity contribution >= 4 is 21.9 Å². The first-order valence-corrected chi connectivity index (χ1v) is 16.2. The Morgan fingerprint density at radius 3 is 1.39 bits per heavy atom. The van der Waals surface area contributed by atoms with E-state index in [4.69, 9.17) is 24.4 Å². The SMILES string of the molecule is c1ccc(-c2ccc(-c3nc(-c4ccccc4)nc(-c4ccc5cc(-c6ccc7oc(-c8ccccc8)nc7c6)ccc5c4)n3)cc2)cc1. The number of rotatable bonds is 6. The van der Waals surface area contributed by atoms with Gasteiger partial charge in [0.05, 0.1) is 0 Å². The van der Waals surface area contributed by atoms with E-state index in [1.54, 1.807) is 0 Å². The molecule has 9 aromatic rings. The lowest BCUT2D eigenvalue weighted by molar-refractivity contribution is 0.620. The molecule has 2 heterocycles. The summed E-state index contributed by atoms with van der Waals surface area (Å²) >= 11 is 0. The summed E-state index contributed by atoms with van der Waals surface area (Å²) in [5, 5.41) is 2.23. The van der Waals surface area contributed by atoms with Gasteiger partial charge in [-0.05, 0) is 69.4 Å². The zero-order valence-electron chi connectivity index (χ0n) is 26.4. The second-order valence-electron chi connectivity index (χ2n) is 12.0. The van der Waals surface area contributed by atoms with E-state index in [-0.39, 0.29) is 0 Å². The number of nitrogens with zero attached hydrogens (tertiary/aromatic N) is 4. The molecule has 0 atom stereocenters. The lowest BCUT2D eigenvalue weighted by Gasteiger charge is -2.10. The molecule has 0 amide bonds. The number of hydrogen-bond acceptors (Lipinski definition) is 5. The van der Waals surface area contributed by atoms with Crippen LogP contribution in [0.15, 0.2) is 174 Å². The first-order chi connectivity index (χ1) is 24.2. The van der Waals surface area contributed by atoms with Crippen LogP contribution in [0.1, 0.15) is 0 Å². The van der Waals surface area contributed by atoms with Crippen LogP contribution in [0.25, 0.3) is 89.7 Å². The lowest BCUT2D eigenvalue weighted by atomic mass is 9.99. The average molecular weight is 629 g/mol. The van der Waals surface area contributed by atoms with Crippen molar-refractivity contribution in [2.75, 3.05) is 0 Å². The maximum atomic E-state index is 6.04. The molecule has 0 N–H and O–H groups in total. The van der Waals surface area contributed by atoms with E-state index >= 15 is 0 Å². The summed E-state index contributed by atoms with van der Waals surface area (Å²) in [6, 6.07) is 57.9. The summed E-state index contributed by atoms with van der Waals surface area (Å²) in [5.74, 6) is 2.53. The highest BCUT2D eigenvalue weighted by molar-refractivity contribution is 5.92. The van der Waals surface area contributed by atoms with Crippen LogP contribution in [-0.2, 0) is 0 Å². The highest BCUT2D eigenvalue weighted by atomic mass is 16.3. The van der Waals surface area contributed by atoms with Crippen molar-refractivity contribution in [2.45, 2.75) is 0 Å². The Balaban J connectivity index is 1.07. The van der Waals surface area contributed by atoms with Gasteiger partial charge in [-0.3, -0.25) is 0 Å². The fourth-order valence-corrected chi connectivity index (χ4v) is 6.17. The van der Waals surface area contributed by atoms with Crippen LogP contribution in [0.2, 0.25) is 0 Å². The molecule has 0 fully saturated rings. The van der Waals surface area contributed by atoms with Gasteiger partial charge in [-0.1, -0.05) is 133 Å². The third-order valence-corrected chi connectivity index (χ3v) is 8.76. The molecular weight excluding hydrogens is 601 g/mol. The molecule has 0 aliphatic carbocycles. The van der Waals surface area contributed by atoms with Gasteiger partial charge >= 0.3 is 0 Å². The third kappa shape index (κ3) is 5.64. The fraction of sp³-hybridized carbons (Fsp3) is 0. The van der Waals surface area contributed by atoms with Gasteiger partial charge in [0.1, 0.15) is 5.52 Å². The Morgan fingerprint density at radius 1 is 0.306 bits per heavy atom. The van der Waals surface area contributed by atoms with Crippen LogP contribution >= 0.6 is 0 Å². The van der Waals surface area contributed by atoms with Gasteiger partial charge in [-0.2, -0.15) is 0 Å². The highest BCUT2D eigenvalue weighted by Crippen LogP contribution is 2.32. The summed E-state index contributed by atoms with van der Waals surface area (Å²) < 4.78 is 6.04. The van der Waals surface area contributed by atoms with E-state index in [1.807, 2.05) is 72.8 Å². The number of hydrogen-bond donors (Lipinski definition) is 0. The van der Waals surface area contributed by atoms with Gasteiger partial charge in [-0.25, -0.2) is 19.9 Å². The molecule has 9 rings (SSSR count). The standard InChI is InChI=1S/C44H28N4O/c1-4-10-29(11-5-1)30-16-18-32(19-17-30)42-46-41(31-12-6-2-7-13-31)47-43(48-42)38-23-22-34-26-35(20-21-36(34)27-38)37-24-25-40-39(28-37)45-44(49-40)33-14-8-3-9-15-33/h1-28H. The van der Waals surface area contributed by atoms with Gasteiger partial charge in [0.15, 0.2) is 23.1 Å². The molecule has 0 saturated carbocycles. The van der Waals surface area contributed by atoms with Gasteiger partial charge in [0.25, 0.3) is 0 Å². The smallest absolute Gasteiger partial charge is 0.227 e. The minimum Gasteiger partial charge on any atom is -0.436 e. The monoisotopic (exact) mass is 628 g/mol. The van der Waals surface area contributed by atoms with Gasteiger partial charge < -0.3 is 4.42 Å². The molecule has 5 heteroatoms. The van der Waals surface area contributed by atoms with E-state index in [9.17, 15) is 0 Å². The van der Waals surface area contributed by atoms with E-state index < -0.39 is 0 Å². The summed E-state index contributed by atoms with van der Waals surface area (Å²) in [4.78, 5) is 19.6. The molecule has 0 saturated heterocycles. The normalized spacial score (nSPS) is 11.3. The van der Waals surface area contributed by atoms with Crippen LogP contribution < -0.4 is 0 Å². The van der Waals surface area contributed by atoms with Crippen molar-refractivity contribution in [3.63, 3.8) is 0 Å². The van der Waals surface area contributed by atoms with Crippen LogP contribution in [-0.4, -0.2) is 19.9 Å². The highest BCUT2D eigenvalue weighted by Gasteiger charge is 2.14. The Bertz CT molecular complexity index is 2580. The molecule has 0 radical (unpaired) electrons. The van der Waals surface area contributed by atoms with Crippen LogP contribution in [0.5, 0.6) is 0 Å². The zero-order valence-corrected chi connectivity index (χ0v) is 26.4. The van der Waals surface area contributed by atoms with E-state index in [0.29, 0.717) is 23.4 Å². The summed E-state index contributed by atoms with van der Waals surface area (Å²) in [5.41, 5.74) is 9.89. The number of oxazole rings is 1. The number of benzene rings is 7. The molecule has 2 aromatic heterocycles. The molecule has 7 aromatic carbocycles. The predicted molar refractivity (Wildman–Crippen MR) is 198 cm³/mol. The van der Waals surface area contributed by atoms with E-state index in [2.05, 4.69) is 97.1 Å². The van der Waals surface area contributed by atoms with E-state index in [0.717, 1.165) is 60.8 Å². The second kappa shape index (κ2) is 12.1. The molecule has 0 aliphatic heterocycles. The molecule has 5 nitrogen and oxygen atoms in total. The van der Waals surface area contributed by atoms with Crippen molar-refractivity contribution in [3.8, 4) is 67.9 Å². The number of fused-ring (bicyclic) bond motifs is 2. The molecule has 49 heavy (non-hydrogen) atoms. The van der Waals surface area contributed by atoms with Crippen LogP contribution in [0.3, 0.4) is 0 Å². The van der Waals surface area contributed by atoms with E-state index in [1.165, 1.54) is 5.56 Å². The first-order valence-electron chi connectivity index (χ1n) is 16.2. The zero-order chi connectivity index (χ0) is 32.6. The third-order valence-electron chi connectivity index (χ3n) is 8.76. The van der Waals surface area contributed by atoms with Gasteiger partial charge in [-0.15, -0.1) is 0 Å². The lowest BCUT2D eigenvalue weighted by Crippen LogP contribution is -2.00. The first kappa shape index (κ1) is 28.5. The Morgan fingerprint density at radius 2 is 0.735 bits per heavy atom. The molecular formula is C44H28N4O. The van der Waals surface area contributed by atoms with Crippen LogP contribution in [0.4, 0.5) is 0 Å². The fourth-order valence-electron chi connectivity index (χ4n) is 6.17. The van der Waals surface area contributed by atoms with Crippen molar-refractivity contribution in [1.82, 2.24) is 19.9 Å². The van der Waals surface area contributed by atoms with Crippen molar-refractivity contribution in [1.29, 1.82) is 0 Å². The molecule has 0 unspecified atom stereocenters. The molecule has 230 valence electrons. The average Bonchev–Trinajstić information content (AvgIpc) is 3.62. The van der Waals surface area contributed by atoms with Crippen molar-refractivity contribution < 1.29 is 4.42 Å². The Hall–Kier alpha value is -6.72. The Kier molecular flexibility index (Phi) is 7.06. The number of aromatic nitrogens is 4. The predicted octanol–water partition coefficient (Wildman–Crippen LogP) is 11.2. The maximum absolute atomic E-state index is 6.04. The summed E-state index contributed by atoms with van der Waals surface area (Å²) in [6.45, 7) is 0. The van der Waals surface area contributed by atoms with Crippen LogP contribution in [0, 0.1) is 0 Å². The quantitative estimate of drug-likeness (QED) is 0.183. The molecule has 0 spiro atoms. The second-order valence-corrected chi connectivity index (χ2v) is 12.0. The van der Waals surface area contributed by atoms with Gasteiger partial charge in [0.2, 0.25) is 5.89 Å². The van der Waals surface area contributed by atoms with Gasteiger partial charge in [0, 0.05) is 22.3 Å².